The van der Waals surface area contributed by atoms with E-state index >= 15 is 0 Å². The number of carbonyl (C=O) groups is 2. The molecule has 204 valence electrons. The van der Waals surface area contributed by atoms with E-state index in [1.165, 1.54) is 22.6 Å². The van der Waals surface area contributed by atoms with Crippen molar-refractivity contribution in [2.45, 2.75) is 33.2 Å². The van der Waals surface area contributed by atoms with Crippen LogP contribution in [0.15, 0.2) is 60.7 Å². The average molecular weight is 528 g/mol. The lowest BCUT2D eigenvalue weighted by atomic mass is 9.98. The van der Waals surface area contributed by atoms with Crippen LogP contribution in [0.4, 0.5) is 11.4 Å². The Balaban J connectivity index is 1.31. The molecule has 2 aliphatic rings. The van der Waals surface area contributed by atoms with Crippen LogP contribution in [-0.4, -0.2) is 57.1 Å². The van der Waals surface area contributed by atoms with Crippen LogP contribution in [0.25, 0.3) is 0 Å². The molecule has 0 bridgehead atoms. The number of piperazine rings is 1. The van der Waals surface area contributed by atoms with E-state index in [1.807, 2.05) is 18.2 Å². The molecule has 2 heterocycles. The third-order valence-electron chi connectivity index (χ3n) is 7.94. The van der Waals surface area contributed by atoms with Crippen LogP contribution in [0.1, 0.15) is 52.1 Å². The Labute approximate surface area is 230 Å². The van der Waals surface area contributed by atoms with Crippen molar-refractivity contribution in [2.75, 3.05) is 50.2 Å². The van der Waals surface area contributed by atoms with Gasteiger partial charge in [0.1, 0.15) is 0 Å². The molecule has 0 aliphatic carbocycles. The van der Waals surface area contributed by atoms with Crippen molar-refractivity contribution >= 4 is 23.2 Å². The van der Waals surface area contributed by atoms with Crippen LogP contribution in [0.5, 0.6) is 11.5 Å². The van der Waals surface area contributed by atoms with E-state index in [9.17, 15) is 9.59 Å². The highest BCUT2D eigenvalue weighted by molar-refractivity contribution is 6.23. The molecule has 2 amide bonds. The number of hydrogen-bond acceptors (Lipinski definition) is 6. The topological polar surface area (TPSA) is 62.3 Å². The van der Waals surface area contributed by atoms with Gasteiger partial charge in [-0.3, -0.25) is 14.5 Å². The zero-order chi connectivity index (χ0) is 27.5. The van der Waals surface area contributed by atoms with Gasteiger partial charge in [-0.1, -0.05) is 44.5 Å². The fourth-order valence-corrected chi connectivity index (χ4v) is 5.52. The maximum Gasteiger partial charge on any atom is 0.263 e. The summed E-state index contributed by atoms with van der Waals surface area (Å²) in [5.41, 5.74) is 5.24. The molecule has 0 spiro atoms. The van der Waals surface area contributed by atoms with Crippen LogP contribution >= 0.6 is 0 Å². The van der Waals surface area contributed by atoms with Crippen molar-refractivity contribution in [1.29, 1.82) is 0 Å². The Morgan fingerprint density at radius 3 is 2.23 bits per heavy atom. The number of ether oxygens (including phenoxy) is 2. The minimum atomic E-state index is -0.261. The zero-order valence-electron chi connectivity index (χ0n) is 23.3. The van der Waals surface area contributed by atoms with E-state index in [0.29, 0.717) is 28.5 Å². The van der Waals surface area contributed by atoms with Crippen molar-refractivity contribution in [3.05, 3.63) is 82.9 Å². The molecule has 5 rings (SSSR count). The first-order valence-electron chi connectivity index (χ1n) is 13.7. The fourth-order valence-electron chi connectivity index (χ4n) is 5.52. The van der Waals surface area contributed by atoms with Gasteiger partial charge in [-0.15, -0.1) is 0 Å². The van der Waals surface area contributed by atoms with Gasteiger partial charge >= 0.3 is 0 Å². The molecule has 0 saturated carbocycles. The van der Waals surface area contributed by atoms with Crippen molar-refractivity contribution in [1.82, 2.24) is 4.90 Å². The highest BCUT2D eigenvalue weighted by atomic mass is 16.5. The van der Waals surface area contributed by atoms with Gasteiger partial charge in [0.05, 0.1) is 37.6 Å². The van der Waals surface area contributed by atoms with Gasteiger partial charge in [-0.2, -0.15) is 0 Å². The second-order valence-corrected chi connectivity index (χ2v) is 10.4. The van der Waals surface area contributed by atoms with Crippen molar-refractivity contribution in [3.63, 3.8) is 0 Å². The summed E-state index contributed by atoms with van der Waals surface area (Å²) in [4.78, 5) is 32.9. The Hall–Kier alpha value is -4.00. The van der Waals surface area contributed by atoms with Crippen LogP contribution in [0.2, 0.25) is 0 Å². The molecule has 7 nitrogen and oxygen atoms in total. The number of nitrogens with zero attached hydrogens (tertiary/aromatic N) is 3. The first-order valence-corrected chi connectivity index (χ1v) is 13.7. The lowest BCUT2D eigenvalue weighted by molar-refractivity contribution is 0.0642. The van der Waals surface area contributed by atoms with Crippen molar-refractivity contribution in [2.24, 2.45) is 5.92 Å². The number of imide groups is 1. The second-order valence-electron chi connectivity index (χ2n) is 10.4. The molecule has 2 aliphatic heterocycles. The second kappa shape index (κ2) is 11.4. The van der Waals surface area contributed by atoms with E-state index in [2.05, 4.69) is 47.9 Å². The maximum atomic E-state index is 13.6. The molecule has 3 aromatic rings. The number of benzene rings is 3. The molecule has 1 unspecified atom stereocenters. The van der Waals surface area contributed by atoms with Crippen LogP contribution in [0, 0.1) is 5.92 Å². The molecule has 7 heteroatoms. The summed E-state index contributed by atoms with van der Waals surface area (Å²) in [5.74, 6) is 1.33. The number of amides is 2. The van der Waals surface area contributed by atoms with Gasteiger partial charge in [0.15, 0.2) is 11.5 Å². The smallest absolute Gasteiger partial charge is 0.263 e. The summed E-state index contributed by atoms with van der Waals surface area (Å²) >= 11 is 0. The minimum Gasteiger partial charge on any atom is -0.493 e. The molecular weight excluding hydrogens is 490 g/mol. The first-order chi connectivity index (χ1) is 18.9. The summed E-state index contributed by atoms with van der Waals surface area (Å²) < 4.78 is 10.7. The lowest BCUT2D eigenvalue weighted by Crippen LogP contribution is -2.47. The van der Waals surface area contributed by atoms with Gasteiger partial charge in [0, 0.05) is 31.9 Å². The summed E-state index contributed by atoms with van der Waals surface area (Å²) in [6.45, 7) is 7.98. The largest absolute Gasteiger partial charge is 0.493 e. The molecular formula is C32H37N3O4. The predicted molar refractivity (Wildman–Crippen MR) is 154 cm³/mol. The molecule has 39 heavy (non-hydrogen) atoms. The number of anilines is 2. The van der Waals surface area contributed by atoms with Gasteiger partial charge in [0.25, 0.3) is 11.8 Å². The predicted octanol–water partition coefficient (Wildman–Crippen LogP) is 5.42. The standard InChI is InChI=1S/C32H37N3O4/c1-5-22(2)18-23-8-6-9-25(19-23)33-14-16-34(17-15-33)27-11-7-10-26-30(27)32(37)35(31(26)36)21-24-12-13-28(38-3)29(20-24)39-4/h6-13,19-20,22H,5,14-18,21H2,1-4H3. The van der Waals surface area contributed by atoms with E-state index in [0.717, 1.165) is 43.9 Å². The molecule has 0 aromatic heterocycles. The molecule has 1 atom stereocenters. The fraction of sp³-hybridized carbons (Fsp3) is 0.375. The van der Waals surface area contributed by atoms with Crippen molar-refractivity contribution < 1.29 is 19.1 Å². The van der Waals surface area contributed by atoms with Crippen LogP contribution in [0.3, 0.4) is 0 Å². The first kappa shape index (κ1) is 26.6. The Morgan fingerprint density at radius 1 is 0.795 bits per heavy atom. The normalized spacial score (nSPS) is 15.9. The number of hydrogen-bond donors (Lipinski definition) is 0. The summed E-state index contributed by atoms with van der Waals surface area (Å²) in [6.07, 6.45) is 2.27. The van der Waals surface area contributed by atoms with Crippen LogP contribution in [-0.2, 0) is 13.0 Å². The SMILES string of the molecule is CCC(C)Cc1cccc(N2CCN(c3cccc4c3C(=O)N(Cc3ccc(OC)c(OC)c3)C4=O)CC2)c1. The van der Waals surface area contributed by atoms with Crippen LogP contribution < -0.4 is 19.3 Å². The molecule has 1 saturated heterocycles. The number of rotatable bonds is 9. The Kier molecular flexibility index (Phi) is 7.77. The van der Waals surface area contributed by atoms with Gasteiger partial charge < -0.3 is 19.3 Å². The Morgan fingerprint density at radius 2 is 1.51 bits per heavy atom. The summed E-state index contributed by atoms with van der Waals surface area (Å²) in [5, 5.41) is 0. The maximum absolute atomic E-state index is 13.6. The number of methoxy groups -OCH3 is 2. The minimum absolute atomic E-state index is 0.174. The van der Waals surface area contributed by atoms with Gasteiger partial charge in [-0.25, -0.2) is 0 Å². The zero-order valence-corrected chi connectivity index (χ0v) is 23.3. The highest BCUT2D eigenvalue weighted by Crippen LogP contribution is 2.35. The number of fused-ring (bicyclic) bond motifs is 1. The van der Waals surface area contributed by atoms with E-state index in [4.69, 9.17) is 9.47 Å². The Bertz CT molecular complexity index is 1360. The van der Waals surface area contributed by atoms with Gasteiger partial charge in [-0.05, 0) is 59.9 Å². The molecule has 0 N–H and O–H groups in total. The quantitative estimate of drug-likeness (QED) is 0.347. The van der Waals surface area contributed by atoms with E-state index in [-0.39, 0.29) is 18.4 Å². The number of carbonyl (C=O) groups excluding carboxylic acids is 2. The lowest BCUT2D eigenvalue weighted by Gasteiger charge is -2.38. The monoisotopic (exact) mass is 527 g/mol. The third-order valence-corrected chi connectivity index (χ3v) is 7.94. The van der Waals surface area contributed by atoms with E-state index in [1.54, 1.807) is 32.4 Å². The van der Waals surface area contributed by atoms with E-state index < -0.39 is 0 Å². The molecule has 3 aromatic carbocycles. The summed E-state index contributed by atoms with van der Waals surface area (Å²) in [7, 11) is 3.15. The third kappa shape index (κ3) is 5.31. The highest BCUT2D eigenvalue weighted by Gasteiger charge is 2.39. The average Bonchev–Trinajstić information content (AvgIpc) is 3.22. The summed E-state index contributed by atoms with van der Waals surface area (Å²) in [6, 6.07) is 19.9. The van der Waals surface area contributed by atoms with Crippen molar-refractivity contribution in [3.8, 4) is 11.5 Å². The molecule has 1 fully saturated rings. The molecule has 0 radical (unpaired) electrons. The van der Waals surface area contributed by atoms with Gasteiger partial charge in [0.2, 0.25) is 0 Å².